The Morgan fingerprint density at radius 3 is 3.12 bits per heavy atom. The number of carboxylic acids is 1. The van der Waals surface area contributed by atoms with Crippen LogP contribution >= 0.6 is 0 Å². The summed E-state index contributed by atoms with van der Waals surface area (Å²) in [7, 11) is 0. The third kappa shape index (κ3) is 2.72. The molecule has 1 aliphatic rings. The van der Waals surface area contributed by atoms with Crippen molar-refractivity contribution >= 4 is 11.7 Å². The van der Waals surface area contributed by atoms with Crippen LogP contribution in [0.15, 0.2) is 18.5 Å². The summed E-state index contributed by atoms with van der Waals surface area (Å²) in [5.74, 6) is -1.02. The highest BCUT2D eigenvalue weighted by atomic mass is 16.5. The lowest BCUT2D eigenvalue weighted by Gasteiger charge is -2.21. The average molecular weight is 238 g/mol. The molecule has 1 aromatic heterocycles. The van der Waals surface area contributed by atoms with Crippen molar-refractivity contribution < 1.29 is 19.7 Å². The zero-order valence-electron chi connectivity index (χ0n) is 9.22. The minimum atomic E-state index is -1.02. The highest BCUT2D eigenvalue weighted by Gasteiger charge is 2.32. The Morgan fingerprint density at radius 1 is 1.65 bits per heavy atom. The summed E-state index contributed by atoms with van der Waals surface area (Å²) in [6.07, 6.45) is 3.40. The maximum absolute atomic E-state index is 10.9. The van der Waals surface area contributed by atoms with E-state index in [0.717, 1.165) is 0 Å². The summed E-state index contributed by atoms with van der Waals surface area (Å²) in [6.45, 7) is 1.04. The summed E-state index contributed by atoms with van der Waals surface area (Å²) in [4.78, 5) is 14.8. The second kappa shape index (κ2) is 4.68. The van der Waals surface area contributed by atoms with Crippen LogP contribution in [0.5, 0.6) is 0 Å². The van der Waals surface area contributed by atoms with E-state index in [-0.39, 0.29) is 18.7 Å². The van der Waals surface area contributed by atoms with Crippen molar-refractivity contribution in [1.29, 1.82) is 0 Å². The van der Waals surface area contributed by atoms with Crippen molar-refractivity contribution in [2.24, 2.45) is 0 Å². The molecule has 1 unspecified atom stereocenters. The van der Waals surface area contributed by atoms with Gasteiger partial charge in [-0.1, -0.05) is 0 Å². The number of carbonyl (C=O) groups is 1. The van der Waals surface area contributed by atoms with Gasteiger partial charge in [0.1, 0.15) is 5.60 Å². The van der Waals surface area contributed by atoms with Crippen molar-refractivity contribution in [3.8, 4) is 0 Å². The molecular weight excluding hydrogens is 224 g/mol. The topological polar surface area (TPSA) is 91.7 Å². The number of hydrogen-bond donors (Lipinski definition) is 3. The second-order valence-corrected chi connectivity index (χ2v) is 4.11. The van der Waals surface area contributed by atoms with Gasteiger partial charge in [0.15, 0.2) is 0 Å². The summed E-state index contributed by atoms with van der Waals surface area (Å²) < 4.78 is 5.10. The number of aromatic carboxylic acids is 1. The zero-order valence-corrected chi connectivity index (χ0v) is 9.22. The van der Waals surface area contributed by atoms with Gasteiger partial charge in [-0.3, -0.25) is 4.98 Å². The van der Waals surface area contributed by atoms with E-state index in [1.807, 2.05) is 0 Å². The van der Waals surface area contributed by atoms with Crippen LogP contribution in [0.2, 0.25) is 0 Å². The standard InChI is InChI=1S/C11H14N2O4/c14-10(15)8-1-3-12-5-9(8)13-6-11(16)2-4-17-7-11/h1,3,5,13,16H,2,4,6-7H2,(H,14,15). The van der Waals surface area contributed by atoms with E-state index in [9.17, 15) is 9.90 Å². The largest absolute Gasteiger partial charge is 0.478 e. The molecule has 17 heavy (non-hydrogen) atoms. The van der Waals surface area contributed by atoms with E-state index >= 15 is 0 Å². The first kappa shape index (κ1) is 11.8. The molecule has 0 saturated carbocycles. The molecule has 0 bridgehead atoms. The number of aliphatic hydroxyl groups is 1. The minimum Gasteiger partial charge on any atom is -0.478 e. The van der Waals surface area contributed by atoms with Gasteiger partial charge in [-0.25, -0.2) is 4.79 Å². The lowest BCUT2D eigenvalue weighted by atomic mass is 10.0. The van der Waals surface area contributed by atoms with Gasteiger partial charge in [0, 0.05) is 25.8 Å². The highest BCUT2D eigenvalue weighted by molar-refractivity contribution is 5.93. The quantitative estimate of drug-likeness (QED) is 0.700. The van der Waals surface area contributed by atoms with Gasteiger partial charge in [0.25, 0.3) is 0 Å². The van der Waals surface area contributed by atoms with Crippen LogP contribution in [-0.4, -0.2) is 46.5 Å². The third-order valence-corrected chi connectivity index (χ3v) is 2.74. The normalized spacial score (nSPS) is 23.6. The summed E-state index contributed by atoms with van der Waals surface area (Å²) in [6, 6.07) is 1.42. The number of nitrogens with zero attached hydrogens (tertiary/aromatic N) is 1. The third-order valence-electron chi connectivity index (χ3n) is 2.74. The molecule has 6 nitrogen and oxygen atoms in total. The maximum atomic E-state index is 10.9. The van der Waals surface area contributed by atoms with Crippen molar-refractivity contribution in [3.05, 3.63) is 24.0 Å². The number of aromatic nitrogens is 1. The Labute approximate surface area is 98.2 Å². The molecule has 0 amide bonds. The Hall–Kier alpha value is -1.66. The first-order chi connectivity index (χ1) is 8.11. The smallest absolute Gasteiger partial charge is 0.337 e. The van der Waals surface area contributed by atoms with E-state index < -0.39 is 11.6 Å². The first-order valence-corrected chi connectivity index (χ1v) is 5.32. The molecule has 2 heterocycles. The predicted octanol–water partition coefficient (Wildman–Crippen LogP) is 0.343. The molecule has 1 aromatic rings. The maximum Gasteiger partial charge on any atom is 0.337 e. The van der Waals surface area contributed by atoms with E-state index in [0.29, 0.717) is 18.7 Å². The number of anilines is 1. The average Bonchev–Trinajstić information content (AvgIpc) is 2.74. The molecule has 6 heteroatoms. The summed E-state index contributed by atoms with van der Waals surface area (Å²) >= 11 is 0. The lowest BCUT2D eigenvalue weighted by Crippen LogP contribution is -2.37. The lowest BCUT2D eigenvalue weighted by molar-refractivity contribution is 0.0381. The number of pyridine rings is 1. The van der Waals surface area contributed by atoms with Gasteiger partial charge >= 0.3 is 5.97 Å². The molecule has 92 valence electrons. The minimum absolute atomic E-state index is 0.141. The Balaban J connectivity index is 2.06. The summed E-state index contributed by atoms with van der Waals surface area (Å²) in [5, 5.41) is 21.9. The molecule has 3 N–H and O–H groups in total. The molecule has 1 fully saturated rings. The van der Waals surface area contributed by atoms with Crippen LogP contribution in [0, 0.1) is 0 Å². The van der Waals surface area contributed by atoms with Crippen molar-refractivity contribution in [2.75, 3.05) is 25.1 Å². The van der Waals surface area contributed by atoms with E-state index in [4.69, 9.17) is 9.84 Å². The van der Waals surface area contributed by atoms with Crippen LogP contribution in [0.1, 0.15) is 16.8 Å². The molecule has 0 aromatic carbocycles. The summed E-state index contributed by atoms with van der Waals surface area (Å²) in [5.41, 5.74) is -0.381. The van der Waals surface area contributed by atoms with E-state index in [1.54, 1.807) is 0 Å². The highest BCUT2D eigenvalue weighted by Crippen LogP contribution is 2.20. The molecule has 1 aliphatic heterocycles. The molecule has 0 radical (unpaired) electrons. The molecule has 0 aliphatic carbocycles. The van der Waals surface area contributed by atoms with Gasteiger partial charge in [0.05, 0.1) is 24.1 Å². The van der Waals surface area contributed by atoms with E-state index in [2.05, 4.69) is 10.3 Å². The van der Waals surface area contributed by atoms with Crippen molar-refractivity contribution in [3.63, 3.8) is 0 Å². The van der Waals surface area contributed by atoms with Crippen LogP contribution in [-0.2, 0) is 4.74 Å². The number of ether oxygens (including phenoxy) is 1. The van der Waals surface area contributed by atoms with Gasteiger partial charge in [-0.05, 0) is 6.07 Å². The zero-order chi connectivity index (χ0) is 12.3. The number of nitrogens with one attached hydrogen (secondary N) is 1. The Kier molecular flexibility index (Phi) is 3.26. The fraction of sp³-hybridized carbons (Fsp3) is 0.455. The molecule has 1 atom stereocenters. The van der Waals surface area contributed by atoms with Crippen LogP contribution in [0.25, 0.3) is 0 Å². The van der Waals surface area contributed by atoms with Gasteiger partial charge < -0.3 is 20.3 Å². The van der Waals surface area contributed by atoms with Crippen LogP contribution < -0.4 is 5.32 Å². The van der Waals surface area contributed by atoms with Crippen LogP contribution in [0.3, 0.4) is 0 Å². The monoisotopic (exact) mass is 238 g/mol. The molecule has 2 rings (SSSR count). The first-order valence-electron chi connectivity index (χ1n) is 5.32. The number of hydrogen-bond acceptors (Lipinski definition) is 5. The number of rotatable bonds is 4. The fourth-order valence-electron chi connectivity index (χ4n) is 1.72. The van der Waals surface area contributed by atoms with Crippen molar-refractivity contribution in [2.45, 2.75) is 12.0 Å². The van der Waals surface area contributed by atoms with Gasteiger partial charge in [0.2, 0.25) is 0 Å². The molecule has 1 saturated heterocycles. The predicted molar refractivity (Wildman–Crippen MR) is 60.1 cm³/mol. The van der Waals surface area contributed by atoms with Crippen LogP contribution in [0.4, 0.5) is 5.69 Å². The van der Waals surface area contributed by atoms with Crippen molar-refractivity contribution in [1.82, 2.24) is 4.98 Å². The molecular formula is C11H14N2O4. The Bertz CT molecular complexity index is 416. The van der Waals surface area contributed by atoms with Gasteiger partial charge in [-0.15, -0.1) is 0 Å². The number of carboxylic acid groups (broad SMARTS) is 1. The molecule has 0 spiro atoms. The Morgan fingerprint density at radius 2 is 2.47 bits per heavy atom. The SMILES string of the molecule is O=C(O)c1ccncc1NCC1(O)CCOC1. The van der Waals surface area contributed by atoms with Gasteiger partial charge in [-0.2, -0.15) is 0 Å². The fourth-order valence-corrected chi connectivity index (χ4v) is 1.72. The second-order valence-electron chi connectivity index (χ2n) is 4.11. The van der Waals surface area contributed by atoms with E-state index in [1.165, 1.54) is 18.5 Å².